The third-order valence-electron chi connectivity index (χ3n) is 2.84. The number of rotatable bonds is 4. The van der Waals surface area contributed by atoms with Crippen molar-refractivity contribution in [3.63, 3.8) is 0 Å². The van der Waals surface area contributed by atoms with Crippen LogP contribution in [0.15, 0.2) is 41.0 Å². The molecule has 4 nitrogen and oxygen atoms in total. The SMILES string of the molecule is Cc1ccc(C(=O)O)cc1N(C)Cc1ccco1. The van der Waals surface area contributed by atoms with Crippen molar-refractivity contribution < 1.29 is 14.3 Å². The zero-order valence-corrected chi connectivity index (χ0v) is 10.4. The van der Waals surface area contributed by atoms with Crippen LogP contribution in [-0.4, -0.2) is 18.1 Å². The summed E-state index contributed by atoms with van der Waals surface area (Å²) in [5, 5.41) is 9.00. The Morgan fingerprint density at radius 1 is 1.39 bits per heavy atom. The summed E-state index contributed by atoms with van der Waals surface area (Å²) in [6.07, 6.45) is 1.63. The Bertz CT molecular complexity index is 546. The van der Waals surface area contributed by atoms with Crippen LogP contribution in [0.3, 0.4) is 0 Å². The fourth-order valence-corrected chi connectivity index (χ4v) is 1.88. The van der Waals surface area contributed by atoms with Gasteiger partial charge in [-0.05, 0) is 36.8 Å². The van der Waals surface area contributed by atoms with Crippen LogP contribution in [0.5, 0.6) is 0 Å². The van der Waals surface area contributed by atoms with Crippen LogP contribution in [0.4, 0.5) is 5.69 Å². The maximum Gasteiger partial charge on any atom is 0.335 e. The lowest BCUT2D eigenvalue weighted by atomic mass is 10.1. The van der Waals surface area contributed by atoms with E-state index in [9.17, 15) is 4.79 Å². The average molecular weight is 245 g/mol. The number of carboxylic acids is 1. The Labute approximate surface area is 105 Å². The molecule has 0 unspecified atom stereocenters. The van der Waals surface area contributed by atoms with Crippen LogP contribution < -0.4 is 4.90 Å². The van der Waals surface area contributed by atoms with Crippen molar-refractivity contribution in [2.75, 3.05) is 11.9 Å². The molecular weight excluding hydrogens is 230 g/mol. The van der Waals surface area contributed by atoms with E-state index < -0.39 is 5.97 Å². The number of anilines is 1. The second-order valence-electron chi connectivity index (χ2n) is 4.24. The molecule has 1 aromatic carbocycles. The molecule has 0 saturated carbocycles. The molecule has 1 heterocycles. The molecule has 18 heavy (non-hydrogen) atoms. The molecule has 4 heteroatoms. The number of aromatic carboxylic acids is 1. The standard InChI is InChI=1S/C14H15NO3/c1-10-5-6-11(14(16)17)8-13(10)15(2)9-12-4-3-7-18-12/h3-8H,9H2,1-2H3,(H,16,17). The van der Waals surface area contributed by atoms with E-state index in [1.54, 1.807) is 18.4 Å². The number of carbonyl (C=O) groups is 1. The van der Waals surface area contributed by atoms with Gasteiger partial charge >= 0.3 is 5.97 Å². The normalized spacial score (nSPS) is 10.3. The summed E-state index contributed by atoms with van der Waals surface area (Å²) in [5.74, 6) is -0.0692. The van der Waals surface area contributed by atoms with E-state index in [1.165, 1.54) is 0 Å². The van der Waals surface area contributed by atoms with Gasteiger partial charge in [-0.15, -0.1) is 0 Å². The minimum absolute atomic E-state index is 0.293. The van der Waals surface area contributed by atoms with Crippen LogP contribution in [0.25, 0.3) is 0 Å². The summed E-state index contributed by atoms with van der Waals surface area (Å²) in [6.45, 7) is 2.57. The Morgan fingerprint density at radius 2 is 2.17 bits per heavy atom. The van der Waals surface area contributed by atoms with Gasteiger partial charge in [-0.3, -0.25) is 0 Å². The highest BCUT2D eigenvalue weighted by Gasteiger charge is 2.10. The Balaban J connectivity index is 2.26. The topological polar surface area (TPSA) is 53.7 Å². The number of hydrogen-bond donors (Lipinski definition) is 1. The predicted molar refractivity (Wildman–Crippen MR) is 69.0 cm³/mol. The van der Waals surface area contributed by atoms with Crippen LogP contribution in [-0.2, 0) is 6.54 Å². The smallest absolute Gasteiger partial charge is 0.335 e. The summed E-state index contributed by atoms with van der Waals surface area (Å²) in [5.41, 5.74) is 2.22. The summed E-state index contributed by atoms with van der Waals surface area (Å²) < 4.78 is 5.29. The molecule has 0 spiro atoms. The van der Waals surface area contributed by atoms with E-state index in [0.29, 0.717) is 12.1 Å². The second-order valence-corrected chi connectivity index (χ2v) is 4.24. The fraction of sp³-hybridized carbons (Fsp3) is 0.214. The molecule has 0 fully saturated rings. The van der Waals surface area contributed by atoms with E-state index in [-0.39, 0.29) is 0 Å². The second kappa shape index (κ2) is 4.96. The Kier molecular flexibility index (Phi) is 3.37. The first-order valence-corrected chi connectivity index (χ1v) is 5.65. The molecule has 0 aliphatic rings. The molecule has 0 amide bonds. The van der Waals surface area contributed by atoms with Crippen LogP contribution in [0, 0.1) is 6.92 Å². The maximum atomic E-state index is 11.0. The number of benzene rings is 1. The van der Waals surface area contributed by atoms with Gasteiger partial charge in [-0.1, -0.05) is 6.07 Å². The van der Waals surface area contributed by atoms with Gasteiger partial charge in [0.05, 0.1) is 18.4 Å². The van der Waals surface area contributed by atoms with E-state index in [1.807, 2.05) is 37.1 Å². The lowest BCUT2D eigenvalue weighted by Gasteiger charge is -2.20. The molecule has 0 aliphatic heterocycles. The predicted octanol–water partition coefficient (Wildman–Crippen LogP) is 2.92. The number of furan rings is 1. The van der Waals surface area contributed by atoms with E-state index >= 15 is 0 Å². The first-order valence-electron chi connectivity index (χ1n) is 5.65. The van der Waals surface area contributed by atoms with Gasteiger partial charge < -0.3 is 14.4 Å². The van der Waals surface area contributed by atoms with Gasteiger partial charge in [0.15, 0.2) is 0 Å². The maximum absolute atomic E-state index is 11.0. The van der Waals surface area contributed by atoms with Crippen LogP contribution in [0.2, 0.25) is 0 Å². The van der Waals surface area contributed by atoms with E-state index in [2.05, 4.69) is 0 Å². The lowest BCUT2D eigenvalue weighted by Crippen LogP contribution is -2.17. The minimum atomic E-state index is -0.914. The average Bonchev–Trinajstić information content (AvgIpc) is 2.81. The van der Waals surface area contributed by atoms with Crippen molar-refractivity contribution >= 4 is 11.7 Å². The van der Waals surface area contributed by atoms with Gasteiger partial charge in [-0.2, -0.15) is 0 Å². The molecule has 0 aliphatic carbocycles. The third-order valence-corrected chi connectivity index (χ3v) is 2.84. The number of hydrogen-bond acceptors (Lipinski definition) is 3. The first kappa shape index (κ1) is 12.2. The number of aryl methyl sites for hydroxylation is 1. The van der Waals surface area contributed by atoms with Gasteiger partial charge in [-0.25, -0.2) is 4.79 Å². The van der Waals surface area contributed by atoms with Crippen molar-refractivity contribution in [2.45, 2.75) is 13.5 Å². The first-order chi connectivity index (χ1) is 8.58. The summed E-state index contributed by atoms with van der Waals surface area (Å²) in [7, 11) is 1.91. The molecule has 0 saturated heterocycles. The third kappa shape index (κ3) is 2.53. The van der Waals surface area contributed by atoms with Crippen molar-refractivity contribution in [1.82, 2.24) is 0 Å². The van der Waals surface area contributed by atoms with Gasteiger partial charge in [0.1, 0.15) is 5.76 Å². The molecule has 0 bridgehead atoms. The van der Waals surface area contributed by atoms with Crippen LogP contribution in [0.1, 0.15) is 21.7 Å². The zero-order chi connectivity index (χ0) is 13.1. The summed E-state index contributed by atoms with van der Waals surface area (Å²) >= 11 is 0. The van der Waals surface area contributed by atoms with Crippen molar-refractivity contribution in [3.05, 3.63) is 53.5 Å². The van der Waals surface area contributed by atoms with Gasteiger partial charge in [0, 0.05) is 12.7 Å². The molecule has 2 rings (SSSR count). The minimum Gasteiger partial charge on any atom is -0.478 e. The highest BCUT2D eigenvalue weighted by Crippen LogP contribution is 2.22. The molecule has 2 aromatic rings. The molecule has 1 N–H and O–H groups in total. The Hall–Kier alpha value is -2.23. The molecule has 0 atom stereocenters. The lowest BCUT2D eigenvalue weighted by molar-refractivity contribution is 0.0697. The quantitative estimate of drug-likeness (QED) is 0.899. The number of nitrogens with zero attached hydrogens (tertiary/aromatic N) is 1. The summed E-state index contributed by atoms with van der Waals surface area (Å²) in [4.78, 5) is 12.9. The highest BCUT2D eigenvalue weighted by molar-refractivity contribution is 5.89. The highest BCUT2D eigenvalue weighted by atomic mass is 16.4. The molecule has 1 aromatic heterocycles. The summed E-state index contributed by atoms with van der Waals surface area (Å²) in [6, 6.07) is 8.84. The molecule has 0 radical (unpaired) electrons. The van der Waals surface area contributed by atoms with Crippen molar-refractivity contribution in [2.24, 2.45) is 0 Å². The van der Waals surface area contributed by atoms with Crippen molar-refractivity contribution in [3.8, 4) is 0 Å². The Morgan fingerprint density at radius 3 is 2.78 bits per heavy atom. The van der Waals surface area contributed by atoms with E-state index in [0.717, 1.165) is 17.0 Å². The fourth-order valence-electron chi connectivity index (χ4n) is 1.88. The van der Waals surface area contributed by atoms with Crippen LogP contribution >= 0.6 is 0 Å². The van der Waals surface area contributed by atoms with E-state index in [4.69, 9.17) is 9.52 Å². The van der Waals surface area contributed by atoms with Gasteiger partial charge in [0.25, 0.3) is 0 Å². The number of carboxylic acid groups (broad SMARTS) is 1. The zero-order valence-electron chi connectivity index (χ0n) is 10.4. The molecular formula is C14H15NO3. The monoisotopic (exact) mass is 245 g/mol. The molecule has 94 valence electrons. The van der Waals surface area contributed by atoms with Crippen molar-refractivity contribution in [1.29, 1.82) is 0 Å². The van der Waals surface area contributed by atoms with Gasteiger partial charge in [0.2, 0.25) is 0 Å². The largest absolute Gasteiger partial charge is 0.478 e.